The average Bonchev–Trinajstić information content (AvgIpc) is 2.92. The number of rotatable bonds is 4. The molecule has 0 N–H and O–H groups in total. The summed E-state index contributed by atoms with van der Waals surface area (Å²) in [5.74, 6) is 0.837. The lowest BCUT2D eigenvalue weighted by Gasteiger charge is -2.36. The Hall–Kier alpha value is -1.27. The van der Waals surface area contributed by atoms with Gasteiger partial charge in [0.05, 0.1) is 11.5 Å². The Morgan fingerprint density at radius 3 is 2.58 bits per heavy atom. The van der Waals surface area contributed by atoms with Crippen molar-refractivity contribution in [1.82, 2.24) is 4.90 Å². The molecule has 2 fully saturated rings. The number of anilines is 1. The number of hydrogen-bond donors (Lipinski definition) is 0. The molecule has 1 aromatic rings. The molecule has 3 rings (SSSR count). The van der Waals surface area contributed by atoms with Crippen molar-refractivity contribution < 1.29 is 13.2 Å². The lowest BCUT2D eigenvalue weighted by Crippen LogP contribution is -2.48. The maximum absolute atomic E-state index is 12.4. The maximum atomic E-state index is 12.4. The first-order valence-corrected chi connectivity index (χ1v) is 10.6. The molecule has 0 radical (unpaired) electrons. The first kappa shape index (κ1) is 17.5. The summed E-state index contributed by atoms with van der Waals surface area (Å²) in [6, 6.07) is 7.77. The highest BCUT2D eigenvalue weighted by atomic mass is 35.5. The lowest BCUT2D eigenvalue weighted by molar-refractivity contribution is -0.131. The van der Waals surface area contributed by atoms with Gasteiger partial charge in [-0.25, -0.2) is 8.42 Å². The number of benzene rings is 1. The first-order valence-electron chi connectivity index (χ1n) is 8.42. The zero-order valence-electron chi connectivity index (χ0n) is 13.7. The van der Waals surface area contributed by atoms with Crippen LogP contribution in [0.5, 0.6) is 0 Å². The molecule has 2 aliphatic heterocycles. The van der Waals surface area contributed by atoms with E-state index in [2.05, 4.69) is 4.90 Å². The molecule has 7 heteroatoms. The molecule has 2 aliphatic rings. The van der Waals surface area contributed by atoms with E-state index in [1.807, 2.05) is 29.2 Å². The summed E-state index contributed by atoms with van der Waals surface area (Å²) >= 11 is 6.03. The summed E-state index contributed by atoms with van der Waals surface area (Å²) < 4.78 is 22.9. The molecule has 0 aliphatic carbocycles. The van der Waals surface area contributed by atoms with Crippen LogP contribution in [-0.4, -0.2) is 56.9 Å². The van der Waals surface area contributed by atoms with E-state index in [0.717, 1.165) is 23.8 Å². The van der Waals surface area contributed by atoms with Gasteiger partial charge in [0.25, 0.3) is 0 Å². The van der Waals surface area contributed by atoms with Gasteiger partial charge < -0.3 is 9.80 Å². The third-order valence-corrected chi connectivity index (χ3v) is 6.97. The molecular formula is C17H23ClN2O3S. The second-order valence-corrected chi connectivity index (χ2v) is 9.32. The van der Waals surface area contributed by atoms with Crippen molar-refractivity contribution in [2.24, 2.45) is 5.92 Å². The molecule has 1 unspecified atom stereocenters. The summed E-state index contributed by atoms with van der Waals surface area (Å²) in [4.78, 5) is 16.5. The Morgan fingerprint density at radius 2 is 1.96 bits per heavy atom. The highest BCUT2D eigenvalue weighted by Crippen LogP contribution is 2.24. The van der Waals surface area contributed by atoms with Gasteiger partial charge in [-0.2, -0.15) is 0 Å². The van der Waals surface area contributed by atoms with Crippen molar-refractivity contribution in [2.45, 2.75) is 19.3 Å². The Kier molecular flexibility index (Phi) is 5.35. The van der Waals surface area contributed by atoms with Gasteiger partial charge in [-0.15, -0.1) is 0 Å². The molecule has 1 amide bonds. The van der Waals surface area contributed by atoms with Crippen LogP contribution in [-0.2, 0) is 14.6 Å². The van der Waals surface area contributed by atoms with Crippen molar-refractivity contribution in [3.8, 4) is 0 Å². The van der Waals surface area contributed by atoms with Gasteiger partial charge in [-0.3, -0.25) is 4.79 Å². The van der Waals surface area contributed by atoms with E-state index in [1.54, 1.807) is 0 Å². The monoisotopic (exact) mass is 370 g/mol. The minimum absolute atomic E-state index is 0.144. The van der Waals surface area contributed by atoms with Crippen LogP contribution in [0.25, 0.3) is 0 Å². The van der Waals surface area contributed by atoms with Crippen LogP contribution in [0.2, 0.25) is 5.02 Å². The first-order chi connectivity index (χ1) is 11.4. The summed E-state index contributed by atoms with van der Waals surface area (Å²) in [5.41, 5.74) is 1.09. The molecule has 1 atom stereocenters. The SMILES string of the molecule is O=C(CCC1CCS(=O)(=O)C1)N1CCN(c2cccc(Cl)c2)CC1. The standard InChI is InChI=1S/C17H23ClN2O3S/c18-15-2-1-3-16(12-15)19-7-9-20(10-8-19)17(21)5-4-14-6-11-24(22,23)13-14/h1-3,12,14H,4-11,13H2. The number of carbonyl (C=O) groups excluding carboxylic acids is 1. The van der Waals surface area contributed by atoms with E-state index in [9.17, 15) is 13.2 Å². The molecule has 0 aromatic heterocycles. The quantitative estimate of drug-likeness (QED) is 0.815. The Labute approximate surface area is 148 Å². The molecule has 132 valence electrons. The normalized spacial score (nSPS) is 23.5. The number of carbonyl (C=O) groups is 1. The molecule has 0 saturated carbocycles. The third kappa shape index (κ3) is 4.42. The number of hydrogen-bond acceptors (Lipinski definition) is 4. The van der Waals surface area contributed by atoms with E-state index >= 15 is 0 Å². The van der Waals surface area contributed by atoms with E-state index in [0.29, 0.717) is 32.4 Å². The van der Waals surface area contributed by atoms with Gasteiger partial charge in [0.2, 0.25) is 5.91 Å². The molecule has 5 nitrogen and oxygen atoms in total. The minimum Gasteiger partial charge on any atom is -0.368 e. The van der Waals surface area contributed by atoms with Crippen LogP contribution < -0.4 is 4.90 Å². The highest BCUT2D eigenvalue weighted by molar-refractivity contribution is 7.91. The van der Waals surface area contributed by atoms with Crippen molar-refractivity contribution in [2.75, 3.05) is 42.6 Å². The predicted molar refractivity (Wildman–Crippen MR) is 96.2 cm³/mol. The molecule has 0 bridgehead atoms. The molecule has 1 aromatic carbocycles. The number of sulfone groups is 1. The van der Waals surface area contributed by atoms with Crippen LogP contribution in [0.1, 0.15) is 19.3 Å². The number of amides is 1. The Bertz CT molecular complexity index is 700. The van der Waals surface area contributed by atoms with E-state index in [1.165, 1.54) is 0 Å². The van der Waals surface area contributed by atoms with Gasteiger partial charge in [-0.1, -0.05) is 17.7 Å². The van der Waals surface area contributed by atoms with Crippen LogP contribution >= 0.6 is 11.6 Å². The van der Waals surface area contributed by atoms with E-state index in [-0.39, 0.29) is 23.3 Å². The van der Waals surface area contributed by atoms with E-state index in [4.69, 9.17) is 11.6 Å². The molecule has 2 saturated heterocycles. The second kappa shape index (κ2) is 7.31. The Morgan fingerprint density at radius 1 is 1.21 bits per heavy atom. The maximum Gasteiger partial charge on any atom is 0.222 e. The van der Waals surface area contributed by atoms with Crippen molar-refractivity contribution in [3.63, 3.8) is 0 Å². The Balaban J connectivity index is 1.45. The molecule has 24 heavy (non-hydrogen) atoms. The topological polar surface area (TPSA) is 57.7 Å². The van der Waals surface area contributed by atoms with Crippen molar-refractivity contribution in [1.29, 1.82) is 0 Å². The van der Waals surface area contributed by atoms with Crippen molar-refractivity contribution in [3.05, 3.63) is 29.3 Å². The van der Waals surface area contributed by atoms with Crippen molar-refractivity contribution >= 4 is 33.0 Å². The summed E-state index contributed by atoms with van der Waals surface area (Å²) in [5, 5.41) is 0.720. The van der Waals surface area contributed by atoms with Gasteiger partial charge in [0.15, 0.2) is 9.84 Å². The smallest absolute Gasteiger partial charge is 0.222 e. The van der Waals surface area contributed by atoms with Gasteiger partial charge >= 0.3 is 0 Å². The molecule has 2 heterocycles. The second-order valence-electron chi connectivity index (χ2n) is 6.66. The zero-order chi connectivity index (χ0) is 17.2. The fraction of sp³-hybridized carbons (Fsp3) is 0.588. The molecule has 0 spiro atoms. The predicted octanol–water partition coefficient (Wildman–Crippen LogP) is 2.20. The van der Waals surface area contributed by atoms with Gasteiger partial charge in [0.1, 0.15) is 0 Å². The van der Waals surface area contributed by atoms with E-state index < -0.39 is 9.84 Å². The summed E-state index contributed by atoms with van der Waals surface area (Å²) in [6.45, 7) is 3.00. The third-order valence-electron chi connectivity index (χ3n) is 4.90. The minimum atomic E-state index is -2.85. The van der Waals surface area contributed by atoms with Crippen LogP contribution in [0.15, 0.2) is 24.3 Å². The van der Waals surface area contributed by atoms with Gasteiger partial charge in [-0.05, 0) is 37.0 Å². The lowest BCUT2D eigenvalue weighted by atomic mass is 10.0. The van der Waals surface area contributed by atoms with Crippen LogP contribution in [0.3, 0.4) is 0 Å². The fourth-order valence-corrected chi connectivity index (χ4v) is 5.57. The largest absolute Gasteiger partial charge is 0.368 e. The fourth-order valence-electron chi connectivity index (χ4n) is 3.47. The summed E-state index contributed by atoms with van der Waals surface area (Å²) in [7, 11) is -2.85. The number of halogens is 1. The average molecular weight is 371 g/mol. The highest BCUT2D eigenvalue weighted by Gasteiger charge is 2.29. The van der Waals surface area contributed by atoms with Gasteiger partial charge in [0, 0.05) is 43.3 Å². The molecular weight excluding hydrogens is 348 g/mol. The van der Waals surface area contributed by atoms with Crippen LogP contribution in [0.4, 0.5) is 5.69 Å². The number of nitrogens with zero attached hydrogens (tertiary/aromatic N) is 2. The number of piperazine rings is 1. The summed E-state index contributed by atoms with van der Waals surface area (Å²) in [6.07, 6.45) is 1.85. The zero-order valence-corrected chi connectivity index (χ0v) is 15.2. The van der Waals surface area contributed by atoms with Crippen LogP contribution in [0, 0.1) is 5.92 Å².